The zero-order chi connectivity index (χ0) is 12.3. The fourth-order valence-corrected chi connectivity index (χ4v) is 2.43. The Balaban J connectivity index is 2.44. The Morgan fingerprint density at radius 3 is 2.31 bits per heavy atom. The molecule has 1 aliphatic rings. The molecule has 2 atom stereocenters. The third kappa shape index (κ3) is 3.72. The van der Waals surface area contributed by atoms with Gasteiger partial charge in [0.15, 0.2) is 0 Å². The van der Waals surface area contributed by atoms with Crippen molar-refractivity contribution in [3.05, 3.63) is 0 Å². The van der Waals surface area contributed by atoms with Crippen molar-refractivity contribution >= 4 is 0 Å². The van der Waals surface area contributed by atoms with Gasteiger partial charge in [0.1, 0.15) is 0 Å². The number of likely N-dealkylation sites (N-methyl/N-ethyl adjacent to an activating group) is 1. The summed E-state index contributed by atoms with van der Waals surface area (Å²) in [6.07, 6.45) is 3.45. The summed E-state index contributed by atoms with van der Waals surface area (Å²) in [5, 5.41) is 10.4. The van der Waals surface area contributed by atoms with E-state index in [0.29, 0.717) is 31.0 Å². The zero-order valence-corrected chi connectivity index (χ0v) is 11.2. The molecule has 16 heavy (non-hydrogen) atoms. The Morgan fingerprint density at radius 2 is 1.94 bits per heavy atom. The first-order chi connectivity index (χ1) is 7.39. The number of rotatable bonds is 7. The summed E-state index contributed by atoms with van der Waals surface area (Å²) in [7, 11) is 2.09. The van der Waals surface area contributed by atoms with E-state index in [9.17, 15) is 5.11 Å². The second-order valence-electron chi connectivity index (χ2n) is 5.98. The highest BCUT2D eigenvalue weighted by Gasteiger charge is 2.43. The lowest BCUT2D eigenvalue weighted by Crippen LogP contribution is -2.51. The molecule has 0 aromatic heterocycles. The fourth-order valence-electron chi connectivity index (χ4n) is 2.43. The van der Waals surface area contributed by atoms with Crippen LogP contribution in [0, 0.1) is 11.8 Å². The third-order valence-electron chi connectivity index (χ3n) is 3.78. The highest BCUT2D eigenvalue weighted by molar-refractivity contribution is 4.97. The molecule has 3 N–H and O–H groups in total. The van der Waals surface area contributed by atoms with Crippen molar-refractivity contribution in [3.8, 4) is 0 Å². The van der Waals surface area contributed by atoms with E-state index < -0.39 is 5.60 Å². The molecule has 96 valence electrons. The molecule has 0 aromatic rings. The van der Waals surface area contributed by atoms with Crippen LogP contribution in [0.5, 0.6) is 0 Å². The van der Waals surface area contributed by atoms with E-state index in [1.165, 1.54) is 6.42 Å². The largest absolute Gasteiger partial charge is 0.387 e. The smallest absolute Gasteiger partial charge is 0.0923 e. The lowest BCUT2D eigenvalue weighted by atomic mass is 9.95. The van der Waals surface area contributed by atoms with Crippen LogP contribution in [0.15, 0.2) is 0 Å². The molecule has 1 aliphatic carbocycles. The Morgan fingerprint density at radius 1 is 1.38 bits per heavy atom. The van der Waals surface area contributed by atoms with Crippen LogP contribution in [-0.2, 0) is 0 Å². The summed E-state index contributed by atoms with van der Waals surface area (Å²) in [6, 6.07) is 0.511. The van der Waals surface area contributed by atoms with Crippen molar-refractivity contribution in [2.45, 2.75) is 51.7 Å². The highest BCUT2D eigenvalue weighted by atomic mass is 16.3. The Bertz CT molecular complexity index is 216. The van der Waals surface area contributed by atoms with Crippen LogP contribution in [0.25, 0.3) is 0 Å². The van der Waals surface area contributed by atoms with Gasteiger partial charge < -0.3 is 15.7 Å². The van der Waals surface area contributed by atoms with Gasteiger partial charge in [-0.15, -0.1) is 0 Å². The molecule has 3 heteroatoms. The maximum absolute atomic E-state index is 10.4. The van der Waals surface area contributed by atoms with Gasteiger partial charge in [-0.05, 0) is 45.1 Å². The molecule has 0 amide bonds. The summed E-state index contributed by atoms with van der Waals surface area (Å²) in [4.78, 5) is 2.26. The molecule has 3 nitrogen and oxygen atoms in total. The quantitative estimate of drug-likeness (QED) is 0.693. The average molecular weight is 228 g/mol. The van der Waals surface area contributed by atoms with Gasteiger partial charge in [0, 0.05) is 19.1 Å². The van der Waals surface area contributed by atoms with E-state index >= 15 is 0 Å². The highest BCUT2D eigenvalue weighted by Crippen LogP contribution is 2.39. The van der Waals surface area contributed by atoms with Crippen molar-refractivity contribution in [1.29, 1.82) is 0 Å². The molecule has 0 aromatic carbocycles. The predicted molar refractivity (Wildman–Crippen MR) is 68.3 cm³/mol. The van der Waals surface area contributed by atoms with Crippen LogP contribution < -0.4 is 5.73 Å². The Kier molecular flexibility index (Phi) is 4.77. The number of hydrogen-bond acceptors (Lipinski definition) is 3. The number of nitrogens with two attached hydrogens (primary N) is 1. The van der Waals surface area contributed by atoms with E-state index in [2.05, 4.69) is 32.7 Å². The fraction of sp³-hybridized carbons (Fsp3) is 1.00. The third-order valence-corrected chi connectivity index (χ3v) is 3.78. The molecule has 0 aliphatic heterocycles. The lowest BCUT2D eigenvalue weighted by molar-refractivity contribution is -0.0119. The topological polar surface area (TPSA) is 49.5 Å². The number of aliphatic hydroxyl groups is 1. The lowest BCUT2D eigenvalue weighted by Gasteiger charge is -2.35. The second kappa shape index (κ2) is 5.48. The molecule has 0 radical (unpaired) electrons. The summed E-state index contributed by atoms with van der Waals surface area (Å²) >= 11 is 0. The van der Waals surface area contributed by atoms with Crippen LogP contribution in [0.3, 0.4) is 0 Å². The zero-order valence-electron chi connectivity index (χ0n) is 11.2. The minimum Gasteiger partial charge on any atom is -0.387 e. The van der Waals surface area contributed by atoms with Crippen molar-refractivity contribution in [1.82, 2.24) is 4.90 Å². The van der Waals surface area contributed by atoms with E-state index in [4.69, 9.17) is 5.73 Å². The first-order valence-electron chi connectivity index (χ1n) is 6.51. The Labute approximate surface area is 100 Å². The SMILES string of the molecule is CC(C)CC(C)N(C)CC(O)(CN)C1CC1. The molecule has 0 saturated heterocycles. The summed E-state index contributed by atoms with van der Waals surface area (Å²) in [6.45, 7) is 7.79. The van der Waals surface area contributed by atoms with E-state index in [0.717, 1.165) is 12.8 Å². The van der Waals surface area contributed by atoms with Crippen molar-refractivity contribution in [3.63, 3.8) is 0 Å². The normalized spacial score (nSPS) is 22.5. The maximum atomic E-state index is 10.4. The molecule has 1 saturated carbocycles. The first kappa shape index (κ1) is 13.9. The van der Waals surface area contributed by atoms with Gasteiger partial charge in [-0.25, -0.2) is 0 Å². The van der Waals surface area contributed by atoms with Crippen LogP contribution in [0.1, 0.15) is 40.0 Å². The molecule has 1 rings (SSSR count). The van der Waals surface area contributed by atoms with Crippen LogP contribution >= 0.6 is 0 Å². The van der Waals surface area contributed by atoms with Crippen molar-refractivity contribution in [2.24, 2.45) is 17.6 Å². The van der Waals surface area contributed by atoms with Crippen LogP contribution in [0.2, 0.25) is 0 Å². The Hall–Kier alpha value is -0.120. The number of nitrogens with zero attached hydrogens (tertiary/aromatic N) is 1. The molecule has 0 bridgehead atoms. The van der Waals surface area contributed by atoms with Gasteiger partial charge in [0.25, 0.3) is 0 Å². The minimum absolute atomic E-state index is 0.385. The minimum atomic E-state index is -0.653. The standard InChI is InChI=1S/C13H28N2O/c1-10(2)7-11(3)15(4)9-13(16,8-14)12-5-6-12/h10-12,16H,5-9,14H2,1-4H3. The second-order valence-corrected chi connectivity index (χ2v) is 5.98. The van der Waals surface area contributed by atoms with E-state index in [1.807, 2.05) is 0 Å². The van der Waals surface area contributed by atoms with Crippen molar-refractivity contribution in [2.75, 3.05) is 20.1 Å². The number of hydrogen-bond donors (Lipinski definition) is 2. The summed E-state index contributed by atoms with van der Waals surface area (Å²) < 4.78 is 0. The van der Waals surface area contributed by atoms with E-state index in [-0.39, 0.29) is 0 Å². The molecule has 1 fully saturated rings. The average Bonchev–Trinajstić information content (AvgIpc) is 2.99. The molecule has 2 unspecified atom stereocenters. The van der Waals surface area contributed by atoms with Gasteiger partial charge in [-0.1, -0.05) is 13.8 Å². The van der Waals surface area contributed by atoms with Gasteiger partial charge in [0.05, 0.1) is 5.60 Å². The molecule has 0 heterocycles. The first-order valence-corrected chi connectivity index (χ1v) is 6.51. The molecular formula is C13H28N2O. The van der Waals surface area contributed by atoms with Crippen LogP contribution in [-0.4, -0.2) is 41.8 Å². The monoisotopic (exact) mass is 228 g/mol. The summed E-state index contributed by atoms with van der Waals surface area (Å²) in [5.74, 6) is 1.13. The predicted octanol–water partition coefficient (Wildman–Crippen LogP) is 1.45. The van der Waals surface area contributed by atoms with Gasteiger partial charge in [0.2, 0.25) is 0 Å². The molecule has 0 spiro atoms. The van der Waals surface area contributed by atoms with Gasteiger partial charge in [-0.2, -0.15) is 0 Å². The van der Waals surface area contributed by atoms with Crippen LogP contribution in [0.4, 0.5) is 0 Å². The molecular weight excluding hydrogens is 200 g/mol. The van der Waals surface area contributed by atoms with Crippen molar-refractivity contribution < 1.29 is 5.11 Å². The van der Waals surface area contributed by atoms with E-state index in [1.54, 1.807) is 0 Å². The maximum Gasteiger partial charge on any atom is 0.0923 e. The summed E-state index contributed by atoms with van der Waals surface area (Å²) in [5.41, 5.74) is 5.07. The van der Waals surface area contributed by atoms with Gasteiger partial charge in [-0.3, -0.25) is 0 Å². The van der Waals surface area contributed by atoms with Gasteiger partial charge >= 0.3 is 0 Å².